The molecule has 0 fully saturated rings. The van der Waals surface area contributed by atoms with Gasteiger partial charge in [-0.25, -0.2) is 0 Å². The summed E-state index contributed by atoms with van der Waals surface area (Å²) >= 11 is 0. The fourth-order valence-electron chi connectivity index (χ4n) is 9.77. The van der Waals surface area contributed by atoms with Gasteiger partial charge >= 0.3 is 0 Å². The highest BCUT2D eigenvalue weighted by molar-refractivity contribution is 6.12. The molecule has 4 heterocycles. The SMILES string of the molecule is C1=CC2Oc3ccc4c(c3C2C=C1)c1ccccc1n4-c1ccccc1-c1ccccc1CN1c2ccccc2C2=c3c(oc4ccccc34)=CCC21. The Morgan fingerprint density at radius 1 is 0.623 bits per heavy atom. The van der Waals surface area contributed by atoms with Crippen molar-refractivity contribution in [1.29, 1.82) is 0 Å². The Morgan fingerprint density at radius 3 is 2.28 bits per heavy atom. The Kier molecular flexibility index (Phi) is 6.03. The first-order chi connectivity index (χ1) is 26.3. The highest BCUT2D eigenvalue weighted by Crippen LogP contribution is 2.49. The molecule has 4 nitrogen and oxygen atoms in total. The zero-order valence-electron chi connectivity index (χ0n) is 28.9. The quantitative estimate of drug-likeness (QED) is 0.185. The number of nitrogens with zero attached hydrogens (tertiary/aromatic N) is 2. The number of fused-ring (bicyclic) bond motifs is 13. The van der Waals surface area contributed by atoms with Crippen molar-refractivity contribution in [3.63, 3.8) is 0 Å². The average molecular weight is 683 g/mol. The van der Waals surface area contributed by atoms with Crippen LogP contribution in [0.25, 0.3) is 61.2 Å². The van der Waals surface area contributed by atoms with E-state index in [0.717, 1.165) is 29.7 Å². The lowest BCUT2D eigenvalue weighted by molar-refractivity contribution is 0.269. The van der Waals surface area contributed by atoms with Gasteiger partial charge in [0.2, 0.25) is 0 Å². The third-order valence-corrected chi connectivity index (χ3v) is 11.9. The number of hydrogen-bond acceptors (Lipinski definition) is 3. The number of benzene rings is 6. The summed E-state index contributed by atoms with van der Waals surface area (Å²) in [6, 6.07) is 48.8. The van der Waals surface area contributed by atoms with E-state index in [1.165, 1.54) is 77.2 Å². The molecule has 6 aromatic carbocycles. The van der Waals surface area contributed by atoms with Crippen LogP contribution >= 0.6 is 0 Å². The van der Waals surface area contributed by atoms with Gasteiger partial charge in [0.15, 0.2) is 0 Å². The van der Waals surface area contributed by atoms with Gasteiger partial charge in [0.1, 0.15) is 22.9 Å². The standard InChI is InChI=1S/C49H34N2O2/c1-2-14-31(30(13-1)29-50-37-20-8-4-16-33(37)46-40(50)25-27-44-48(46)35-18-6-11-23-42(35)52-44)32-15-3-9-21-38(32)51-39-22-10-5-17-34(39)47-41(51)26-28-45-49(47)36-19-7-12-24-43(36)53-45/h1-24,26-28,36,40,43H,25,29H2. The molecule has 0 saturated heterocycles. The summed E-state index contributed by atoms with van der Waals surface area (Å²) in [6.45, 7) is 0.787. The van der Waals surface area contributed by atoms with Crippen LogP contribution in [0.4, 0.5) is 5.69 Å². The lowest BCUT2D eigenvalue weighted by atomic mass is 9.89. The molecule has 0 radical (unpaired) electrons. The Hall–Kier alpha value is -6.52. The second kappa shape index (κ2) is 11.0. The maximum absolute atomic E-state index is 6.49. The summed E-state index contributed by atoms with van der Waals surface area (Å²) in [5, 5.41) is 4.98. The summed E-state index contributed by atoms with van der Waals surface area (Å²) in [6.07, 6.45) is 12.0. The summed E-state index contributed by atoms with van der Waals surface area (Å²) in [5.74, 6) is 1.19. The molecular formula is C49H34N2O2. The molecule has 12 rings (SSSR count). The minimum Gasteiger partial charge on any atom is -0.485 e. The van der Waals surface area contributed by atoms with Crippen molar-refractivity contribution in [2.75, 3.05) is 4.90 Å². The predicted octanol–water partition coefficient (Wildman–Crippen LogP) is 9.94. The maximum atomic E-state index is 6.49. The van der Waals surface area contributed by atoms with Crippen LogP contribution in [0.5, 0.6) is 5.75 Å². The fourth-order valence-corrected chi connectivity index (χ4v) is 9.77. The highest BCUT2D eigenvalue weighted by Gasteiger charge is 2.37. The minimum absolute atomic E-state index is 0.0379. The second-order valence-corrected chi connectivity index (χ2v) is 14.6. The van der Waals surface area contributed by atoms with Crippen LogP contribution in [-0.4, -0.2) is 16.7 Å². The lowest BCUT2D eigenvalue weighted by Crippen LogP contribution is -2.38. The van der Waals surface area contributed by atoms with Gasteiger partial charge in [0.05, 0.1) is 22.8 Å². The Labute approximate surface area is 306 Å². The first-order valence-electron chi connectivity index (χ1n) is 18.7. The fraction of sp³-hybridized carbons (Fsp3) is 0.102. The summed E-state index contributed by atoms with van der Waals surface area (Å²) in [4.78, 5) is 2.62. The van der Waals surface area contributed by atoms with Gasteiger partial charge in [0, 0.05) is 56.2 Å². The molecule has 8 aromatic rings. The van der Waals surface area contributed by atoms with E-state index in [1.54, 1.807) is 0 Å². The number of hydrogen-bond donors (Lipinski definition) is 0. The number of anilines is 1. The summed E-state index contributed by atoms with van der Waals surface area (Å²) in [7, 11) is 0. The molecule has 2 aliphatic heterocycles. The van der Waals surface area contributed by atoms with Crippen molar-refractivity contribution in [3.05, 3.63) is 185 Å². The molecule has 2 aliphatic carbocycles. The first kappa shape index (κ1) is 29.1. The molecule has 2 aromatic heterocycles. The van der Waals surface area contributed by atoms with Crippen molar-refractivity contribution in [2.24, 2.45) is 0 Å². The molecule has 3 unspecified atom stereocenters. The zero-order valence-corrected chi connectivity index (χ0v) is 28.9. The van der Waals surface area contributed by atoms with Gasteiger partial charge < -0.3 is 18.6 Å². The molecule has 0 saturated carbocycles. The molecule has 0 N–H and O–H groups in total. The second-order valence-electron chi connectivity index (χ2n) is 14.6. The number of furan rings is 1. The van der Waals surface area contributed by atoms with Crippen LogP contribution in [-0.2, 0) is 6.54 Å². The van der Waals surface area contributed by atoms with Crippen LogP contribution in [0.1, 0.15) is 29.0 Å². The van der Waals surface area contributed by atoms with E-state index in [4.69, 9.17) is 9.15 Å². The first-order valence-corrected chi connectivity index (χ1v) is 18.7. The van der Waals surface area contributed by atoms with E-state index in [-0.39, 0.29) is 18.1 Å². The monoisotopic (exact) mass is 682 g/mol. The van der Waals surface area contributed by atoms with Gasteiger partial charge in [-0.1, -0.05) is 115 Å². The molecule has 0 bridgehead atoms. The minimum atomic E-state index is 0.0379. The molecule has 0 amide bonds. The van der Waals surface area contributed by atoms with E-state index < -0.39 is 0 Å². The van der Waals surface area contributed by atoms with E-state index in [1.807, 2.05) is 0 Å². The van der Waals surface area contributed by atoms with Gasteiger partial charge in [-0.2, -0.15) is 0 Å². The normalized spacial score (nSPS) is 19.2. The maximum Gasteiger partial charge on any atom is 0.135 e. The zero-order chi connectivity index (χ0) is 34.6. The van der Waals surface area contributed by atoms with Crippen molar-refractivity contribution in [3.8, 4) is 22.6 Å². The predicted molar refractivity (Wildman–Crippen MR) is 215 cm³/mol. The van der Waals surface area contributed by atoms with Crippen molar-refractivity contribution >= 4 is 50.1 Å². The van der Waals surface area contributed by atoms with Crippen LogP contribution < -0.4 is 20.3 Å². The van der Waals surface area contributed by atoms with Crippen molar-refractivity contribution in [1.82, 2.24) is 4.57 Å². The lowest BCUT2D eigenvalue weighted by Gasteiger charge is -2.29. The van der Waals surface area contributed by atoms with E-state index in [9.17, 15) is 0 Å². The van der Waals surface area contributed by atoms with Crippen LogP contribution in [0.2, 0.25) is 0 Å². The molecular weight excluding hydrogens is 649 g/mol. The summed E-state index contributed by atoms with van der Waals surface area (Å²) in [5.41, 5.74) is 14.6. The molecule has 4 heteroatoms. The average Bonchev–Trinajstić information content (AvgIpc) is 3.96. The third-order valence-electron chi connectivity index (χ3n) is 11.9. The van der Waals surface area contributed by atoms with Crippen molar-refractivity contribution < 1.29 is 9.15 Å². The molecule has 53 heavy (non-hydrogen) atoms. The Morgan fingerprint density at radius 2 is 1.36 bits per heavy atom. The van der Waals surface area contributed by atoms with E-state index >= 15 is 0 Å². The number of ether oxygens (including phenoxy) is 1. The summed E-state index contributed by atoms with van der Waals surface area (Å²) < 4.78 is 15.4. The third kappa shape index (κ3) is 4.06. The molecule has 0 spiro atoms. The number of allylic oxidation sites excluding steroid dienone is 2. The Bertz CT molecular complexity index is 3030. The number of aromatic nitrogens is 1. The molecule has 4 aliphatic rings. The number of rotatable bonds is 4. The largest absolute Gasteiger partial charge is 0.485 e. The number of para-hydroxylation sites is 4. The molecule has 3 atom stereocenters. The van der Waals surface area contributed by atoms with E-state index in [0.29, 0.717) is 0 Å². The van der Waals surface area contributed by atoms with Gasteiger partial charge in [-0.3, -0.25) is 0 Å². The van der Waals surface area contributed by atoms with Gasteiger partial charge in [-0.05, 0) is 71.7 Å². The smallest absolute Gasteiger partial charge is 0.135 e. The molecule has 252 valence electrons. The van der Waals surface area contributed by atoms with Crippen LogP contribution in [0, 0.1) is 0 Å². The Balaban J connectivity index is 1.03. The van der Waals surface area contributed by atoms with Gasteiger partial charge in [-0.15, -0.1) is 0 Å². The van der Waals surface area contributed by atoms with E-state index in [2.05, 4.69) is 173 Å². The topological polar surface area (TPSA) is 30.5 Å². The van der Waals surface area contributed by atoms with Crippen molar-refractivity contribution in [2.45, 2.75) is 31.0 Å². The highest BCUT2D eigenvalue weighted by atomic mass is 16.5. The van der Waals surface area contributed by atoms with Crippen LogP contribution in [0.15, 0.2) is 162 Å². The van der Waals surface area contributed by atoms with Crippen LogP contribution in [0.3, 0.4) is 0 Å². The van der Waals surface area contributed by atoms with Gasteiger partial charge in [0.25, 0.3) is 0 Å².